The van der Waals surface area contributed by atoms with Crippen LogP contribution < -0.4 is 0 Å². The maximum absolute atomic E-state index is 9.49. The van der Waals surface area contributed by atoms with Crippen molar-refractivity contribution < 1.29 is 9.59 Å². The third-order valence-electron chi connectivity index (χ3n) is 1.51. The zero-order chi connectivity index (χ0) is 8.36. The van der Waals surface area contributed by atoms with Gasteiger partial charge in [0, 0.05) is 0 Å². The Morgan fingerprint density at radius 1 is 1.40 bits per heavy atom. The van der Waals surface area contributed by atoms with Gasteiger partial charge in [0.05, 0.1) is 21.1 Å². The van der Waals surface area contributed by atoms with Crippen molar-refractivity contribution in [3.63, 3.8) is 0 Å². The summed E-state index contributed by atoms with van der Waals surface area (Å²) in [7, 11) is 5.78. The molecule has 2 atom stereocenters. The number of hydrogen-bond acceptors (Lipinski definition) is 1. The number of quaternary nitrogens is 1. The number of nitrogens with zero attached hydrogens (tertiary/aromatic N) is 1. The van der Waals surface area contributed by atoms with Crippen LogP contribution >= 0.6 is 11.6 Å². The molecule has 0 saturated carbocycles. The van der Waals surface area contributed by atoms with E-state index in [1.165, 1.54) is 0 Å². The lowest BCUT2D eigenvalue weighted by Gasteiger charge is -2.32. The summed E-state index contributed by atoms with van der Waals surface area (Å²) >= 11 is 5.83. The molecule has 0 aliphatic carbocycles. The molecule has 0 bridgehead atoms. The number of hydrogen-bond donors (Lipinski definition) is 1. The van der Waals surface area contributed by atoms with Crippen LogP contribution in [0.25, 0.3) is 0 Å². The number of aliphatic hydroxyl groups excluding tert-OH is 1. The molecule has 0 amide bonds. The van der Waals surface area contributed by atoms with Gasteiger partial charge in [-0.3, -0.25) is 0 Å². The Balaban J connectivity index is 3.94. The van der Waals surface area contributed by atoms with Gasteiger partial charge >= 0.3 is 0 Å². The first-order valence-corrected chi connectivity index (χ1v) is 3.96. The molecule has 0 saturated heterocycles. The predicted molar refractivity (Wildman–Crippen MR) is 44.0 cm³/mol. The van der Waals surface area contributed by atoms with Crippen molar-refractivity contribution >= 4 is 11.6 Å². The minimum atomic E-state index is -0.466. The van der Waals surface area contributed by atoms with E-state index in [2.05, 4.69) is 0 Å². The van der Waals surface area contributed by atoms with Crippen LogP contribution in [0.3, 0.4) is 0 Å². The molecule has 0 heterocycles. The smallest absolute Gasteiger partial charge is 0.206 e. The molecule has 1 N–H and O–H groups in total. The first-order valence-electron chi connectivity index (χ1n) is 3.52. The van der Waals surface area contributed by atoms with Crippen molar-refractivity contribution in [2.45, 2.75) is 24.9 Å². The van der Waals surface area contributed by atoms with E-state index in [1.54, 1.807) is 0 Å². The van der Waals surface area contributed by atoms with Gasteiger partial charge in [0.15, 0.2) is 0 Å². The van der Waals surface area contributed by atoms with E-state index in [0.29, 0.717) is 4.48 Å². The zero-order valence-electron chi connectivity index (χ0n) is 7.13. The molecule has 10 heavy (non-hydrogen) atoms. The zero-order valence-corrected chi connectivity index (χ0v) is 7.89. The summed E-state index contributed by atoms with van der Waals surface area (Å²) in [6, 6.07) is 0. The van der Waals surface area contributed by atoms with Crippen LogP contribution in [0.2, 0.25) is 0 Å². The second-order valence-corrected chi connectivity index (χ2v) is 4.01. The summed E-state index contributed by atoms with van der Waals surface area (Å²) in [5, 5.41) is 9.36. The van der Waals surface area contributed by atoms with Crippen LogP contribution in [0.1, 0.15) is 13.3 Å². The Labute approximate surface area is 68.0 Å². The minimum Gasteiger partial charge on any atom is -0.344 e. The van der Waals surface area contributed by atoms with Crippen molar-refractivity contribution in [2.75, 3.05) is 21.1 Å². The van der Waals surface area contributed by atoms with E-state index in [1.807, 2.05) is 28.1 Å². The molecular weight excluding hydrogens is 150 g/mol. The van der Waals surface area contributed by atoms with E-state index < -0.39 is 6.23 Å². The third kappa shape index (κ3) is 2.86. The third-order valence-corrected chi connectivity index (χ3v) is 2.04. The minimum absolute atomic E-state index is 0.139. The molecule has 0 aliphatic heterocycles. The van der Waals surface area contributed by atoms with Gasteiger partial charge in [-0.25, -0.2) is 0 Å². The largest absolute Gasteiger partial charge is 0.344 e. The van der Waals surface area contributed by atoms with Crippen molar-refractivity contribution in [2.24, 2.45) is 0 Å². The molecule has 3 heteroatoms. The lowest BCUT2D eigenvalue weighted by atomic mass is 10.2. The Bertz CT molecular complexity index is 100. The second-order valence-electron chi connectivity index (χ2n) is 3.45. The molecule has 2 nitrogen and oxygen atoms in total. The van der Waals surface area contributed by atoms with Gasteiger partial charge in [0.1, 0.15) is 5.38 Å². The Morgan fingerprint density at radius 3 is 1.90 bits per heavy atom. The molecule has 0 aromatic heterocycles. The predicted octanol–water partition coefficient (Wildman–Crippen LogP) is 1.03. The first kappa shape index (κ1) is 10.2. The Hall–Kier alpha value is 0.210. The lowest BCUT2D eigenvalue weighted by molar-refractivity contribution is -0.918. The van der Waals surface area contributed by atoms with E-state index in [0.717, 1.165) is 6.42 Å². The highest BCUT2D eigenvalue weighted by molar-refractivity contribution is 6.20. The molecular formula is C7H17ClNO+. The fourth-order valence-electron chi connectivity index (χ4n) is 0.696. The monoisotopic (exact) mass is 166 g/mol. The van der Waals surface area contributed by atoms with Crippen molar-refractivity contribution in [1.82, 2.24) is 0 Å². The van der Waals surface area contributed by atoms with Gasteiger partial charge in [-0.1, -0.05) is 6.92 Å². The summed E-state index contributed by atoms with van der Waals surface area (Å²) in [6.07, 6.45) is 0.338. The van der Waals surface area contributed by atoms with Crippen LogP contribution in [-0.2, 0) is 0 Å². The van der Waals surface area contributed by atoms with E-state index >= 15 is 0 Å². The second kappa shape index (κ2) is 3.56. The van der Waals surface area contributed by atoms with Gasteiger partial charge in [0.2, 0.25) is 6.23 Å². The molecule has 0 aromatic rings. The Morgan fingerprint density at radius 2 is 1.80 bits per heavy atom. The van der Waals surface area contributed by atoms with Gasteiger partial charge in [-0.05, 0) is 6.42 Å². The van der Waals surface area contributed by atoms with Crippen molar-refractivity contribution in [3.05, 3.63) is 0 Å². The van der Waals surface area contributed by atoms with Crippen LogP contribution in [-0.4, -0.2) is 42.3 Å². The van der Waals surface area contributed by atoms with E-state index in [9.17, 15) is 5.11 Å². The molecule has 2 unspecified atom stereocenters. The summed E-state index contributed by atoms with van der Waals surface area (Å²) in [5.74, 6) is 0. The van der Waals surface area contributed by atoms with Gasteiger partial charge in [0.25, 0.3) is 0 Å². The highest BCUT2D eigenvalue weighted by atomic mass is 35.5. The summed E-state index contributed by atoms with van der Waals surface area (Å²) in [6.45, 7) is 1.97. The lowest BCUT2D eigenvalue weighted by Crippen LogP contribution is -2.49. The molecule has 0 aliphatic rings. The molecule has 0 rings (SSSR count). The quantitative estimate of drug-likeness (QED) is 0.377. The average molecular weight is 167 g/mol. The van der Waals surface area contributed by atoms with E-state index in [4.69, 9.17) is 11.6 Å². The number of alkyl halides is 1. The van der Waals surface area contributed by atoms with Crippen LogP contribution in [0.15, 0.2) is 0 Å². The molecule has 0 aromatic carbocycles. The maximum Gasteiger partial charge on any atom is 0.206 e. The van der Waals surface area contributed by atoms with Gasteiger partial charge in [-0.15, -0.1) is 11.6 Å². The van der Waals surface area contributed by atoms with Crippen LogP contribution in [0.4, 0.5) is 0 Å². The molecule has 0 radical (unpaired) electrons. The first-order chi connectivity index (χ1) is 4.39. The number of aliphatic hydroxyl groups is 1. The summed E-state index contributed by atoms with van der Waals surface area (Å²) < 4.78 is 0.502. The van der Waals surface area contributed by atoms with E-state index in [-0.39, 0.29) is 5.38 Å². The highest BCUT2D eigenvalue weighted by Gasteiger charge is 2.27. The van der Waals surface area contributed by atoms with Gasteiger partial charge in [-0.2, -0.15) is 0 Å². The molecule has 62 valence electrons. The average Bonchev–Trinajstić information content (AvgIpc) is 1.83. The number of halogens is 1. The SMILES string of the molecule is CCC(Cl)C(O)[N+](C)(C)C. The fraction of sp³-hybridized carbons (Fsp3) is 1.00. The van der Waals surface area contributed by atoms with Crippen molar-refractivity contribution in [3.8, 4) is 0 Å². The molecule has 0 spiro atoms. The van der Waals surface area contributed by atoms with Crippen molar-refractivity contribution in [1.29, 1.82) is 0 Å². The van der Waals surface area contributed by atoms with Crippen LogP contribution in [0.5, 0.6) is 0 Å². The normalized spacial score (nSPS) is 18.6. The maximum atomic E-state index is 9.49. The Kier molecular flexibility index (Phi) is 3.63. The van der Waals surface area contributed by atoms with Crippen LogP contribution in [0, 0.1) is 0 Å². The summed E-state index contributed by atoms with van der Waals surface area (Å²) in [4.78, 5) is 0. The summed E-state index contributed by atoms with van der Waals surface area (Å²) in [5.41, 5.74) is 0. The number of rotatable bonds is 3. The fourth-order valence-corrected chi connectivity index (χ4v) is 1.03. The topological polar surface area (TPSA) is 20.2 Å². The standard InChI is InChI=1S/C7H17ClNO/c1-5-6(8)7(10)9(2,3)4/h6-7,10H,5H2,1-4H3/q+1. The van der Waals surface area contributed by atoms with Gasteiger partial charge < -0.3 is 9.59 Å². The highest BCUT2D eigenvalue weighted by Crippen LogP contribution is 2.13. The molecule has 0 fully saturated rings.